The van der Waals surface area contributed by atoms with Gasteiger partial charge >= 0.3 is 5.69 Å². The van der Waals surface area contributed by atoms with Crippen molar-refractivity contribution in [3.63, 3.8) is 0 Å². The van der Waals surface area contributed by atoms with Gasteiger partial charge in [0.15, 0.2) is 0 Å². The first-order valence-corrected chi connectivity index (χ1v) is 13.0. The second-order valence-corrected chi connectivity index (χ2v) is 11.2. The molecule has 1 aliphatic heterocycles. The highest BCUT2D eigenvalue weighted by molar-refractivity contribution is 6.32. The van der Waals surface area contributed by atoms with Crippen molar-refractivity contribution < 1.29 is 9.50 Å². The SMILES string of the molecule is Cn1ccn(-c2ccc(-c3cc(F)cc(-c4cccc(C5=CCN(C(C)(C)C)CC5)c4)c3O)cc2Cl)c1=O. The van der Waals surface area contributed by atoms with Crippen LogP contribution in [0.1, 0.15) is 32.8 Å². The Morgan fingerprint density at radius 1 is 0.947 bits per heavy atom. The zero-order valence-corrected chi connectivity index (χ0v) is 22.8. The van der Waals surface area contributed by atoms with Gasteiger partial charge in [0.1, 0.15) is 11.6 Å². The lowest BCUT2D eigenvalue weighted by molar-refractivity contribution is 0.153. The maximum absolute atomic E-state index is 14.9. The van der Waals surface area contributed by atoms with E-state index in [-0.39, 0.29) is 17.0 Å². The number of aryl methyl sites for hydroxylation is 1. The van der Waals surface area contributed by atoms with Crippen molar-refractivity contribution in [2.24, 2.45) is 7.05 Å². The van der Waals surface area contributed by atoms with Crippen LogP contribution < -0.4 is 5.69 Å². The number of hydrogen-bond donors (Lipinski definition) is 1. The summed E-state index contributed by atoms with van der Waals surface area (Å²) in [5.74, 6) is -0.490. The predicted octanol–water partition coefficient (Wildman–Crippen LogP) is 6.90. The van der Waals surface area contributed by atoms with E-state index in [9.17, 15) is 14.3 Å². The Kier molecular flexibility index (Phi) is 6.80. The molecule has 1 aliphatic rings. The fourth-order valence-corrected chi connectivity index (χ4v) is 5.26. The van der Waals surface area contributed by atoms with Gasteiger partial charge in [-0.2, -0.15) is 0 Å². The highest BCUT2D eigenvalue weighted by Crippen LogP contribution is 2.41. The Balaban J connectivity index is 1.50. The van der Waals surface area contributed by atoms with Crippen molar-refractivity contribution in [3.05, 3.63) is 100.0 Å². The van der Waals surface area contributed by atoms with Crippen LogP contribution in [0.15, 0.2) is 77.9 Å². The first-order valence-electron chi connectivity index (χ1n) is 12.6. The van der Waals surface area contributed by atoms with Crippen LogP contribution in [-0.2, 0) is 7.05 Å². The predicted molar refractivity (Wildman–Crippen MR) is 152 cm³/mol. The second kappa shape index (κ2) is 9.93. The number of aromatic hydroxyl groups is 1. The van der Waals surface area contributed by atoms with Crippen LogP contribution in [0.25, 0.3) is 33.5 Å². The molecule has 3 aromatic carbocycles. The quantitative estimate of drug-likeness (QED) is 0.312. The molecule has 0 spiro atoms. The van der Waals surface area contributed by atoms with E-state index in [0.717, 1.165) is 30.6 Å². The maximum Gasteiger partial charge on any atom is 0.332 e. The molecule has 4 aromatic rings. The molecular weight excluding hydrogens is 501 g/mol. The molecule has 5 rings (SSSR count). The van der Waals surface area contributed by atoms with Gasteiger partial charge in [-0.1, -0.05) is 41.9 Å². The van der Waals surface area contributed by atoms with Gasteiger partial charge in [-0.05, 0) is 79.8 Å². The third-order valence-corrected chi connectivity index (χ3v) is 7.54. The molecule has 2 heterocycles. The molecule has 0 atom stereocenters. The van der Waals surface area contributed by atoms with E-state index in [2.05, 4.69) is 37.8 Å². The number of phenolic OH excluding ortho intramolecular Hbond substituents is 1. The highest BCUT2D eigenvalue weighted by Gasteiger charge is 2.23. The van der Waals surface area contributed by atoms with Crippen LogP contribution in [-0.4, -0.2) is 37.8 Å². The molecule has 5 nitrogen and oxygen atoms in total. The summed E-state index contributed by atoms with van der Waals surface area (Å²) >= 11 is 6.54. The molecule has 0 saturated heterocycles. The van der Waals surface area contributed by atoms with E-state index in [0.29, 0.717) is 27.4 Å². The van der Waals surface area contributed by atoms with Gasteiger partial charge in [0.05, 0.1) is 10.7 Å². The molecule has 0 saturated carbocycles. The summed E-state index contributed by atoms with van der Waals surface area (Å²) in [7, 11) is 1.66. The Bertz CT molecular complexity index is 1610. The summed E-state index contributed by atoms with van der Waals surface area (Å²) in [6, 6.07) is 15.6. The van der Waals surface area contributed by atoms with Crippen molar-refractivity contribution in [3.8, 4) is 33.7 Å². The van der Waals surface area contributed by atoms with Gasteiger partial charge in [-0.15, -0.1) is 0 Å². The number of benzene rings is 3. The second-order valence-electron chi connectivity index (χ2n) is 10.8. The molecular formula is C31H31ClFN3O2. The number of rotatable bonds is 4. The molecule has 196 valence electrons. The number of nitrogens with zero attached hydrogens (tertiary/aromatic N) is 3. The standard InChI is InChI=1S/C31H31ClFN3O2/c1-31(2,3)35-12-10-20(11-13-35)21-6-5-7-22(16-21)25-18-24(33)19-26(29(25)37)23-8-9-28(27(32)17-23)36-15-14-34(4)30(36)38/h5-10,14-19,37H,11-13H2,1-4H3. The van der Waals surface area contributed by atoms with Gasteiger partial charge < -0.3 is 9.67 Å². The molecule has 0 radical (unpaired) electrons. The lowest BCUT2D eigenvalue weighted by Crippen LogP contribution is -2.43. The lowest BCUT2D eigenvalue weighted by atomic mass is 9.92. The Morgan fingerprint density at radius 2 is 1.63 bits per heavy atom. The van der Waals surface area contributed by atoms with E-state index >= 15 is 0 Å². The summed E-state index contributed by atoms with van der Waals surface area (Å²) in [5.41, 5.74) is 4.75. The van der Waals surface area contributed by atoms with E-state index in [1.165, 1.54) is 26.8 Å². The van der Waals surface area contributed by atoms with Crippen molar-refractivity contribution >= 4 is 17.2 Å². The molecule has 0 bridgehead atoms. The minimum atomic E-state index is -0.463. The summed E-state index contributed by atoms with van der Waals surface area (Å²) in [5, 5.41) is 11.6. The molecule has 0 fully saturated rings. The Morgan fingerprint density at radius 3 is 2.21 bits per heavy atom. The molecule has 0 aliphatic carbocycles. The van der Waals surface area contributed by atoms with Gasteiger partial charge in [0.2, 0.25) is 0 Å². The fraction of sp³-hybridized carbons (Fsp3) is 0.258. The Hall–Kier alpha value is -3.61. The summed E-state index contributed by atoms with van der Waals surface area (Å²) in [6.07, 6.45) is 6.47. The Labute approximate surface area is 227 Å². The maximum atomic E-state index is 14.9. The average Bonchev–Trinajstić information content (AvgIpc) is 3.22. The van der Waals surface area contributed by atoms with Gasteiger partial charge in [-0.25, -0.2) is 9.18 Å². The minimum Gasteiger partial charge on any atom is -0.507 e. The molecule has 0 amide bonds. The topological polar surface area (TPSA) is 50.4 Å². The van der Waals surface area contributed by atoms with E-state index in [1.54, 1.807) is 37.6 Å². The largest absolute Gasteiger partial charge is 0.507 e. The zero-order valence-electron chi connectivity index (χ0n) is 22.0. The molecule has 38 heavy (non-hydrogen) atoms. The third kappa shape index (κ3) is 4.94. The van der Waals surface area contributed by atoms with Gasteiger partial charge in [0, 0.05) is 49.2 Å². The van der Waals surface area contributed by atoms with Gasteiger partial charge in [-0.3, -0.25) is 9.47 Å². The van der Waals surface area contributed by atoms with Crippen molar-refractivity contribution in [1.82, 2.24) is 14.0 Å². The number of halogens is 2. The molecule has 0 unspecified atom stereocenters. The normalized spacial score (nSPS) is 14.5. The van der Waals surface area contributed by atoms with Crippen LogP contribution in [0.4, 0.5) is 4.39 Å². The van der Waals surface area contributed by atoms with Crippen molar-refractivity contribution in [1.29, 1.82) is 0 Å². The number of aromatic nitrogens is 2. The van der Waals surface area contributed by atoms with E-state index in [1.807, 2.05) is 18.2 Å². The number of hydrogen-bond acceptors (Lipinski definition) is 3. The number of phenols is 1. The summed E-state index contributed by atoms with van der Waals surface area (Å²) in [4.78, 5) is 14.8. The van der Waals surface area contributed by atoms with E-state index in [4.69, 9.17) is 11.6 Å². The van der Waals surface area contributed by atoms with Crippen molar-refractivity contribution in [2.75, 3.05) is 13.1 Å². The third-order valence-electron chi connectivity index (χ3n) is 7.24. The zero-order chi connectivity index (χ0) is 27.2. The smallest absolute Gasteiger partial charge is 0.332 e. The van der Waals surface area contributed by atoms with Crippen LogP contribution >= 0.6 is 11.6 Å². The monoisotopic (exact) mass is 531 g/mol. The first kappa shape index (κ1) is 26.0. The van der Waals surface area contributed by atoms with Gasteiger partial charge in [0.25, 0.3) is 0 Å². The first-order chi connectivity index (χ1) is 18.0. The molecule has 1 aromatic heterocycles. The minimum absolute atomic E-state index is 0.0271. The highest BCUT2D eigenvalue weighted by atomic mass is 35.5. The summed E-state index contributed by atoms with van der Waals surface area (Å²) < 4.78 is 17.8. The van der Waals surface area contributed by atoms with Crippen molar-refractivity contribution in [2.45, 2.75) is 32.7 Å². The average molecular weight is 532 g/mol. The van der Waals surface area contributed by atoms with E-state index < -0.39 is 5.82 Å². The molecule has 1 N–H and O–H groups in total. The molecule has 7 heteroatoms. The van der Waals surface area contributed by atoms with Crippen LogP contribution in [0.3, 0.4) is 0 Å². The summed E-state index contributed by atoms with van der Waals surface area (Å²) in [6.45, 7) is 8.52. The van der Waals surface area contributed by atoms with Crippen LogP contribution in [0.2, 0.25) is 5.02 Å². The lowest BCUT2D eigenvalue weighted by Gasteiger charge is -2.37. The fourth-order valence-electron chi connectivity index (χ4n) is 4.98. The number of imidazole rings is 1. The van der Waals surface area contributed by atoms with Crippen LogP contribution in [0.5, 0.6) is 5.75 Å². The van der Waals surface area contributed by atoms with Crippen LogP contribution in [0, 0.1) is 5.82 Å².